The van der Waals surface area contributed by atoms with E-state index in [0.29, 0.717) is 18.0 Å². The first-order valence-electron chi connectivity index (χ1n) is 8.14. The monoisotopic (exact) mass is 348 g/mol. The lowest BCUT2D eigenvalue weighted by atomic mass is 10.1. The molecular formula is C18H25ClN4O. The number of nitrogens with zero attached hydrogens (tertiary/aromatic N) is 3. The Kier molecular flexibility index (Phi) is 5.67. The van der Waals surface area contributed by atoms with E-state index in [2.05, 4.69) is 12.0 Å². The minimum absolute atomic E-state index is 0. The highest BCUT2D eigenvalue weighted by Crippen LogP contribution is 2.26. The maximum atomic E-state index is 12.9. The van der Waals surface area contributed by atoms with Crippen LogP contribution in [-0.2, 0) is 0 Å². The van der Waals surface area contributed by atoms with E-state index in [9.17, 15) is 4.79 Å². The van der Waals surface area contributed by atoms with Gasteiger partial charge in [0.1, 0.15) is 0 Å². The molecule has 1 saturated heterocycles. The van der Waals surface area contributed by atoms with Crippen molar-refractivity contribution in [1.29, 1.82) is 0 Å². The van der Waals surface area contributed by atoms with Crippen LogP contribution in [0.5, 0.6) is 0 Å². The molecule has 2 unspecified atom stereocenters. The summed E-state index contributed by atoms with van der Waals surface area (Å²) in [7, 11) is 0. The van der Waals surface area contributed by atoms with Crippen LogP contribution in [0.4, 0.5) is 0 Å². The second-order valence-electron chi connectivity index (χ2n) is 6.49. The highest BCUT2D eigenvalue weighted by molar-refractivity contribution is 5.95. The number of hydrogen-bond donors (Lipinski definition) is 1. The molecule has 2 aromatic rings. The first-order valence-corrected chi connectivity index (χ1v) is 8.14. The normalized spacial score (nSPS) is 20.1. The smallest absolute Gasteiger partial charge is 0.257 e. The second-order valence-corrected chi connectivity index (χ2v) is 6.49. The largest absolute Gasteiger partial charge is 0.335 e. The summed E-state index contributed by atoms with van der Waals surface area (Å²) in [5, 5.41) is 4.45. The zero-order chi connectivity index (χ0) is 16.6. The molecule has 2 N–H and O–H groups in total. The molecule has 0 bridgehead atoms. The number of amides is 1. The fourth-order valence-electron chi connectivity index (χ4n) is 3.41. The molecule has 0 saturated carbocycles. The van der Waals surface area contributed by atoms with Gasteiger partial charge in [-0.25, -0.2) is 4.68 Å². The van der Waals surface area contributed by atoms with E-state index >= 15 is 0 Å². The zero-order valence-electron chi connectivity index (χ0n) is 14.4. The van der Waals surface area contributed by atoms with Gasteiger partial charge >= 0.3 is 0 Å². The third-order valence-electron chi connectivity index (χ3n) is 4.84. The number of aromatic nitrogens is 2. The number of para-hydroxylation sites is 1. The molecule has 5 nitrogen and oxygen atoms in total. The van der Waals surface area contributed by atoms with Crippen LogP contribution in [0.25, 0.3) is 5.69 Å². The van der Waals surface area contributed by atoms with Crippen molar-refractivity contribution in [1.82, 2.24) is 14.7 Å². The van der Waals surface area contributed by atoms with Gasteiger partial charge < -0.3 is 10.6 Å². The zero-order valence-corrected chi connectivity index (χ0v) is 15.2. The fourth-order valence-corrected chi connectivity index (χ4v) is 3.41. The van der Waals surface area contributed by atoms with Crippen LogP contribution in [-0.4, -0.2) is 39.7 Å². The van der Waals surface area contributed by atoms with E-state index in [-0.39, 0.29) is 24.4 Å². The summed E-state index contributed by atoms with van der Waals surface area (Å²) in [6, 6.07) is 8.29. The van der Waals surface area contributed by atoms with E-state index in [0.717, 1.165) is 29.9 Å². The molecule has 24 heavy (non-hydrogen) atoms. The van der Waals surface area contributed by atoms with Gasteiger partial charge in [-0.1, -0.05) is 18.2 Å². The summed E-state index contributed by atoms with van der Waals surface area (Å²) < 4.78 is 1.85. The van der Waals surface area contributed by atoms with E-state index in [1.165, 1.54) is 0 Å². The molecule has 1 fully saturated rings. The van der Waals surface area contributed by atoms with Crippen LogP contribution >= 0.6 is 12.4 Å². The van der Waals surface area contributed by atoms with Crippen LogP contribution in [0.15, 0.2) is 30.5 Å². The SMILES string of the molecule is Cc1ccccc1-n1ncc(C(=O)N2CC(CN)CC2C)c1C.Cl. The van der Waals surface area contributed by atoms with Gasteiger partial charge in [0, 0.05) is 12.6 Å². The van der Waals surface area contributed by atoms with Crippen molar-refractivity contribution in [2.45, 2.75) is 33.2 Å². The molecule has 130 valence electrons. The van der Waals surface area contributed by atoms with Crippen LogP contribution in [0, 0.1) is 19.8 Å². The molecule has 0 aliphatic carbocycles. The summed E-state index contributed by atoms with van der Waals surface area (Å²) in [5.41, 5.74) is 9.48. The van der Waals surface area contributed by atoms with E-state index < -0.39 is 0 Å². The van der Waals surface area contributed by atoms with Gasteiger partial charge in [-0.2, -0.15) is 5.10 Å². The summed E-state index contributed by atoms with van der Waals surface area (Å²) in [5.74, 6) is 0.464. The van der Waals surface area contributed by atoms with E-state index in [4.69, 9.17) is 5.73 Å². The molecule has 3 rings (SSSR count). The Labute approximate surface area is 149 Å². The summed E-state index contributed by atoms with van der Waals surface area (Å²) in [6.45, 7) is 7.47. The molecule has 1 aliphatic heterocycles. The van der Waals surface area contributed by atoms with Gasteiger partial charge in [0.15, 0.2) is 0 Å². The van der Waals surface area contributed by atoms with E-state index in [1.807, 2.05) is 47.7 Å². The lowest BCUT2D eigenvalue weighted by Crippen LogP contribution is -2.34. The molecule has 2 atom stereocenters. The molecular weight excluding hydrogens is 324 g/mol. The standard InChI is InChI=1S/C18H24N4O.ClH/c1-12-6-4-5-7-17(12)22-14(3)16(10-20-22)18(23)21-11-15(9-19)8-13(21)2;/h4-7,10,13,15H,8-9,11,19H2,1-3H3;1H. The molecule has 6 heteroatoms. The molecule has 0 radical (unpaired) electrons. The number of carbonyl (C=O) groups excluding carboxylic acids is 1. The minimum atomic E-state index is 0. The molecule has 2 heterocycles. The van der Waals surface area contributed by atoms with Gasteiger partial charge in [0.05, 0.1) is 23.1 Å². The topological polar surface area (TPSA) is 64.2 Å². The molecule has 1 aromatic heterocycles. The van der Waals surface area contributed by atoms with Gasteiger partial charge in [-0.3, -0.25) is 4.79 Å². The van der Waals surface area contributed by atoms with Crippen LogP contribution in [0.3, 0.4) is 0 Å². The van der Waals surface area contributed by atoms with Crippen molar-refractivity contribution in [2.75, 3.05) is 13.1 Å². The van der Waals surface area contributed by atoms with Gasteiger partial charge in [0.2, 0.25) is 0 Å². The van der Waals surface area contributed by atoms with Gasteiger partial charge in [-0.15, -0.1) is 12.4 Å². The average molecular weight is 349 g/mol. The number of likely N-dealkylation sites (tertiary alicyclic amines) is 1. The highest BCUT2D eigenvalue weighted by Gasteiger charge is 2.33. The lowest BCUT2D eigenvalue weighted by molar-refractivity contribution is 0.0742. The Balaban J connectivity index is 0.00000208. The summed E-state index contributed by atoms with van der Waals surface area (Å²) in [4.78, 5) is 14.8. The van der Waals surface area contributed by atoms with Crippen LogP contribution in [0.1, 0.15) is 35.0 Å². The van der Waals surface area contributed by atoms with E-state index in [1.54, 1.807) is 6.20 Å². The Morgan fingerprint density at radius 2 is 2.04 bits per heavy atom. The number of halogens is 1. The lowest BCUT2D eigenvalue weighted by Gasteiger charge is -2.21. The maximum Gasteiger partial charge on any atom is 0.257 e. The number of aryl methyl sites for hydroxylation is 1. The van der Waals surface area contributed by atoms with Crippen molar-refractivity contribution < 1.29 is 4.79 Å². The van der Waals surface area contributed by atoms with Crippen molar-refractivity contribution in [3.8, 4) is 5.69 Å². The number of carbonyl (C=O) groups is 1. The fraction of sp³-hybridized carbons (Fsp3) is 0.444. The third kappa shape index (κ3) is 3.19. The van der Waals surface area contributed by atoms with Crippen molar-refractivity contribution in [3.05, 3.63) is 47.3 Å². The molecule has 1 aliphatic rings. The molecule has 1 amide bonds. The van der Waals surface area contributed by atoms with Crippen LogP contribution in [0.2, 0.25) is 0 Å². The molecule has 0 spiro atoms. The van der Waals surface area contributed by atoms with Crippen molar-refractivity contribution in [2.24, 2.45) is 11.7 Å². The number of hydrogen-bond acceptors (Lipinski definition) is 3. The third-order valence-corrected chi connectivity index (χ3v) is 4.84. The quantitative estimate of drug-likeness (QED) is 0.927. The Morgan fingerprint density at radius 3 is 2.67 bits per heavy atom. The Morgan fingerprint density at radius 1 is 1.33 bits per heavy atom. The van der Waals surface area contributed by atoms with Crippen molar-refractivity contribution in [3.63, 3.8) is 0 Å². The van der Waals surface area contributed by atoms with Gasteiger partial charge in [-0.05, 0) is 51.3 Å². The molecule has 1 aromatic carbocycles. The first-order chi connectivity index (χ1) is 11.0. The Hall–Kier alpha value is -1.85. The predicted octanol–water partition coefficient (Wildman–Crippen LogP) is 2.72. The Bertz CT molecular complexity index is 728. The number of benzene rings is 1. The number of nitrogens with two attached hydrogens (primary N) is 1. The summed E-state index contributed by atoms with van der Waals surface area (Å²) >= 11 is 0. The van der Waals surface area contributed by atoms with Crippen molar-refractivity contribution >= 4 is 18.3 Å². The van der Waals surface area contributed by atoms with Crippen LogP contribution < -0.4 is 5.73 Å². The first kappa shape index (κ1) is 18.5. The highest BCUT2D eigenvalue weighted by atomic mass is 35.5. The second kappa shape index (κ2) is 7.36. The maximum absolute atomic E-state index is 12.9. The average Bonchev–Trinajstić information content (AvgIpc) is 3.10. The summed E-state index contributed by atoms with van der Waals surface area (Å²) in [6.07, 6.45) is 2.67. The number of rotatable bonds is 3. The van der Waals surface area contributed by atoms with Gasteiger partial charge in [0.25, 0.3) is 5.91 Å². The predicted molar refractivity (Wildman–Crippen MR) is 97.9 cm³/mol. The minimum Gasteiger partial charge on any atom is -0.335 e.